The van der Waals surface area contributed by atoms with Crippen LogP contribution in [0.1, 0.15) is 10.5 Å². The van der Waals surface area contributed by atoms with Gasteiger partial charge in [0.25, 0.3) is 0 Å². The number of carboxylic acids is 1. The highest BCUT2D eigenvalue weighted by Gasteiger charge is 2.13. The van der Waals surface area contributed by atoms with Crippen molar-refractivity contribution in [3.05, 3.63) is 66.4 Å². The fourth-order valence-electron chi connectivity index (χ4n) is 2.20. The van der Waals surface area contributed by atoms with Crippen LogP contribution in [0.5, 0.6) is 11.5 Å². The molecular weight excluding hydrogens is 384 g/mol. The number of carbonyl (C=O) groups excluding carboxylic acids is 1. The maximum atomic E-state index is 11.3. The van der Waals surface area contributed by atoms with Gasteiger partial charge in [-0.05, 0) is 36.4 Å². The average molecular weight is 408 g/mol. The minimum absolute atomic E-state index is 0.0432. The zero-order chi connectivity index (χ0) is 22.1. The lowest BCUT2D eigenvalue weighted by molar-refractivity contribution is -0.115. The molecule has 1 aromatic heterocycles. The molecular formula is C22H24N4O4. The molecule has 0 atom stereocenters. The first-order valence-electron chi connectivity index (χ1n) is 9.05. The fraction of sp³-hybridized carbons (Fsp3) is 0.182. The van der Waals surface area contributed by atoms with E-state index in [4.69, 9.17) is 4.74 Å². The molecule has 1 amide bonds. The van der Waals surface area contributed by atoms with E-state index in [1.165, 1.54) is 11.0 Å². The van der Waals surface area contributed by atoms with Gasteiger partial charge in [-0.15, -0.1) is 0 Å². The van der Waals surface area contributed by atoms with Crippen LogP contribution in [0.3, 0.4) is 0 Å². The Kier molecular flexibility index (Phi) is 7.87. The number of nitrogens with zero attached hydrogens (tertiary/aromatic N) is 4. The largest absolute Gasteiger partial charge is 0.477 e. The molecule has 0 aliphatic heterocycles. The number of carbonyl (C=O) groups is 2. The second-order valence-corrected chi connectivity index (χ2v) is 6.64. The molecule has 8 heteroatoms. The predicted molar refractivity (Wildman–Crippen MR) is 115 cm³/mol. The quantitative estimate of drug-likeness (QED) is 0.625. The fourth-order valence-corrected chi connectivity index (χ4v) is 2.20. The van der Waals surface area contributed by atoms with Gasteiger partial charge in [-0.1, -0.05) is 18.2 Å². The van der Waals surface area contributed by atoms with Gasteiger partial charge in [-0.3, -0.25) is 4.79 Å². The Morgan fingerprint density at radius 3 is 2.00 bits per heavy atom. The lowest BCUT2D eigenvalue weighted by Gasteiger charge is -2.13. The maximum Gasteiger partial charge on any atom is 0.354 e. The Bertz CT molecular complexity index is 974. The Hall–Kier alpha value is -3.94. The number of hydrogen-bond acceptors (Lipinski definition) is 6. The van der Waals surface area contributed by atoms with Crippen LogP contribution in [0.2, 0.25) is 0 Å². The van der Waals surface area contributed by atoms with Crippen molar-refractivity contribution in [1.82, 2.24) is 14.9 Å². The van der Waals surface area contributed by atoms with Crippen LogP contribution < -0.4 is 9.64 Å². The topological polar surface area (TPSA) is 95.9 Å². The molecule has 0 saturated heterocycles. The SMILES string of the molecule is CN(C)C=O.CN(C)c1cc(C(=O)O)nc(-c2ccc(Oc3ccccc3)cc2)n1. The van der Waals surface area contributed by atoms with E-state index < -0.39 is 5.97 Å². The van der Waals surface area contributed by atoms with Gasteiger partial charge in [-0.2, -0.15) is 0 Å². The number of hydrogen-bond donors (Lipinski definition) is 1. The monoisotopic (exact) mass is 408 g/mol. The third kappa shape index (κ3) is 6.59. The number of carboxylic acid groups (broad SMARTS) is 1. The summed E-state index contributed by atoms with van der Waals surface area (Å²) >= 11 is 0. The highest BCUT2D eigenvalue weighted by molar-refractivity contribution is 5.87. The van der Waals surface area contributed by atoms with Gasteiger partial charge in [0.05, 0.1) is 0 Å². The minimum Gasteiger partial charge on any atom is -0.477 e. The summed E-state index contributed by atoms with van der Waals surface area (Å²) in [5.41, 5.74) is 0.671. The smallest absolute Gasteiger partial charge is 0.354 e. The standard InChI is InChI=1S/C19H17N3O3.C3H7NO/c1-22(2)17-12-16(19(23)24)20-18(21-17)13-8-10-15(11-9-13)25-14-6-4-3-5-7-14;1-4(2)3-5/h3-12H,1-2H3,(H,23,24);3H,1-2H3. The van der Waals surface area contributed by atoms with Crippen molar-refractivity contribution in [3.8, 4) is 22.9 Å². The second kappa shape index (κ2) is 10.6. The van der Waals surface area contributed by atoms with Crippen LogP contribution in [0.25, 0.3) is 11.4 Å². The van der Waals surface area contributed by atoms with Crippen molar-refractivity contribution in [1.29, 1.82) is 0 Å². The molecule has 0 spiro atoms. The van der Waals surface area contributed by atoms with Crippen LogP contribution in [-0.4, -0.2) is 60.5 Å². The first kappa shape index (κ1) is 22.4. The highest BCUT2D eigenvalue weighted by Crippen LogP contribution is 2.25. The first-order chi connectivity index (χ1) is 14.3. The summed E-state index contributed by atoms with van der Waals surface area (Å²) in [7, 11) is 6.98. The second-order valence-electron chi connectivity index (χ2n) is 6.64. The molecule has 1 N–H and O–H groups in total. The van der Waals surface area contributed by atoms with E-state index in [1.54, 1.807) is 57.4 Å². The molecule has 0 aliphatic carbocycles. The van der Waals surface area contributed by atoms with Crippen molar-refractivity contribution in [2.45, 2.75) is 0 Å². The lowest BCUT2D eigenvalue weighted by atomic mass is 10.2. The zero-order valence-electron chi connectivity index (χ0n) is 17.3. The van der Waals surface area contributed by atoms with E-state index in [0.717, 1.165) is 12.2 Å². The number of anilines is 1. The summed E-state index contributed by atoms with van der Waals surface area (Å²) in [6.45, 7) is 0. The van der Waals surface area contributed by atoms with Crippen LogP contribution in [0.4, 0.5) is 5.82 Å². The molecule has 1 heterocycles. The predicted octanol–water partition coefficient (Wildman–Crippen LogP) is 3.40. The molecule has 0 radical (unpaired) electrons. The number of para-hydroxylation sites is 1. The molecule has 8 nitrogen and oxygen atoms in total. The van der Waals surface area contributed by atoms with Crippen LogP contribution >= 0.6 is 0 Å². The zero-order valence-corrected chi connectivity index (χ0v) is 17.3. The van der Waals surface area contributed by atoms with E-state index in [0.29, 0.717) is 23.0 Å². The maximum absolute atomic E-state index is 11.3. The third-order valence-corrected chi connectivity index (χ3v) is 3.69. The van der Waals surface area contributed by atoms with Gasteiger partial charge in [-0.25, -0.2) is 14.8 Å². The van der Waals surface area contributed by atoms with E-state index in [-0.39, 0.29) is 5.69 Å². The normalized spacial score (nSPS) is 9.73. The summed E-state index contributed by atoms with van der Waals surface area (Å²) < 4.78 is 5.75. The summed E-state index contributed by atoms with van der Waals surface area (Å²) in [4.78, 5) is 32.4. The van der Waals surface area contributed by atoms with Crippen molar-refractivity contribution >= 4 is 18.2 Å². The summed E-state index contributed by atoms with van der Waals surface area (Å²) in [6, 6.07) is 18.1. The van der Waals surface area contributed by atoms with Crippen LogP contribution in [0, 0.1) is 0 Å². The van der Waals surface area contributed by atoms with Crippen LogP contribution in [-0.2, 0) is 4.79 Å². The Morgan fingerprint density at radius 2 is 1.50 bits per heavy atom. The Balaban J connectivity index is 0.000000575. The molecule has 30 heavy (non-hydrogen) atoms. The van der Waals surface area contributed by atoms with Crippen LogP contribution in [0.15, 0.2) is 60.7 Å². The van der Waals surface area contributed by atoms with Gasteiger partial charge >= 0.3 is 5.97 Å². The molecule has 156 valence electrons. The molecule has 3 rings (SSSR count). The molecule has 0 fully saturated rings. The first-order valence-corrected chi connectivity index (χ1v) is 9.05. The molecule has 2 aromatic carbocycles. The molecule has 0 aliphatic rings. The number of aromatic nitrogens is 2. The number of ether oxygens (including phenoxy) is 1. The van der Waals surface area contributed by atoms with Crippen molar-refractivity contribution in [2.24, 2.45) is 0 Å². The van der Waals surface area contributed by atoms with Gasteiger partial charge in [0.1, 0.15) is 17.3 Å². The molecule has 0 bridgehead atoms. The Morgan fingerprint density at radius 1 is 0.933 bits per heavy atom. The van der Waals surface area contributed by atoms with Crippen molar-refractivity contribution in [2.75, 3.05) is 33.1 Å². The molecule has 3 aromatic rings. The third-order valence-electron chi connectivity index (χ3n) is 3.69. The van der Waals surface area contributed by atoms with Gasteiger partial charge in [0, 0.05) is 39.8 Å². The van der Waals surface area contributed by atoms with Gasteiger partial charge in [0.15, 0.2) is 11.5 Å². The van der Waals surface area contributed by atoms with E-state index in [1.807, 2.05) is 30.3 Å². The van der Waals surface area contributed by atoms with E-state index in [2.05, 4.69) is 9.97 Å². The van der Waals surface area contributed by atoms with Crippen molar-refractivity contribution in [3.63, 3.8) is 0 Å². The summed E-state index contributed by atoms with van der Waals surface area (Å²) in [6.07, 6.45) is 0.750. The minimum atomic E-state index is -1.09. The summed E-state index contributed by atoms with van der Waals surface area (Å²) in [5, 5.41) is 9.24. The average Bonchev–Trinajstić information content (AvgIpc) is 2.75. The Labute approximate surface area is 175 Å². The van der Waals surface area contributed by atoms with E-state index >= 15 is 0 Å². The number of aromatic carboxylic acids is 1. The highest BCUT2D eigenvalue weighted by atomic mass is 16.5. The van der Waals surface area contributed by atoms with E-state index in [9.17, 15) is 14.7 Å². The molecule has 0 unspecified atom stereocenters. The van der Waals surface area contributed by atoms with Gasteiger partial charge in [0.2, 0.25) is 6.41 Å². The van der Waals surface area contributed by atoms with Gasteiger partial charge < -0.3 is 19.6 Å². The number of amides is 1. The number of benzene rings is 2. The summed E-state index contributed by atoms with van der Waals surface area (Å²) in [5.74, 6) is 1.23. The number of rotatable bonds is 6. The lowest BCUT2D eigenvalue weighted by Crippen LogP contribution is -2.14. The molecule has 0 saturated carbocycles. The van der Waals surface area contributed by atoms with Crippen molar-refractivity contribution < 1.29 is 19.4 Å².